The number of carboxylic acid groups (broad SMARTS) is 1. The number of aryl methyl sites for hydroxylation is 1. The Bertz CT molecular complexity index is 541. The van der Waals surface area contributed by atoms with E-state index in [4.69, 9.17) is 9.84 Å². The van der Waals surface area contributed by atoms with E-state index in [1.165, 1.54) is 12.1 Å². The van der Waals surface area contributed by atoms with Crippen LogP contribution in [-0.4, -0.2) is 29.2 Å². The molecule has 1 heterocycles. The summed E-state index contributed by atoms with van der Waals surface area (Å²) in [5, 5.41) is 11.8. The van der Waals surface area contributed by atoms with E-state index < -0.39 is 5.97 Å². The highest BCUT2D eigenvalue weighted by Gasteiger charge is 2.22. The molecule has 2 unspecified atom stereocenters. The zero-order valence-electron chi connectivity index (χ0n) is 12.4. The molecule has 2 atom stereocenters. The molecule has 2 N–H and O–H groups in total. The number of carboxylic acids is 1. The first-order valence-electron chi connectivity index (χ1n) is 7.25. The van der Waals surface area contributed by atoms with Crippen molar-refractivity contribution in [2.24, 2.45) is 0 Å². The van der Waals surface area contributed by atoms with Crippen molar-refractivity contribution in [1.82, 2.24) is 0 Å². The maximum Gasteiger partial charge on any atom is 0.335 e. The molecule has 0 bridgehead atoms. The second kappa shape index (κ2) is 6.72. The lowest BCUT2D eigenvalue weighted by atomic mass is 10.1. The molecule has 1 aromatic carbocycles. The minimum absolute atomic E-state index is 0.108. The molecule has 114 valence electrons. The van der Waals surface area contributed by atoms with Gasteiger partial charge in [-0.15, -0.1) is 0 Å². The summed E-state index contributed by atoms with van der Waals surface area (Å²) < 4.78 is 5.68. The van der Waals surface area contributed by atoms with Crippen LogP contribution < -0.4 is 5.32 Å². The fourth-order valence-electron chi connectivity index (χ4n) is 2.49. The Balaban J connectivity index is 1.90. The zero-order valence-corrected chi connectivity index (χ0v) is 12.4. The fourth-order valence-corrected chi connectivity index (χ4v) is 2.49. The monoisotopic (exact) mass is 291 g/mol. The molecule has 1 aliphatic rings. The van der Waals surface area contributed by atoms with Crippen LogP contribution >= 0.6 is 0 Å². The average Bonchev–Trinajstić information content (AvgIpc) is 2.84. The number of carbonyl (C=O) groups excluding carboxylic acids is 1. The highest BCUT2D eigenvalue weighted by molar-refractivity contribution is 5.94. The summed E-state index contributed by atoms with van der Waals surface area (Å²) in [5.41, 5.74) is 1.57. The van der Waals surface area contributed by atoms with Crippen molar-refractivity contribution in [2.75, 3.05) is 5.32 Å². The van der Waals surface area contributed by atoms with Gasteiger partial charge in [-0.25, -0.2) is 4.79 Å². The van der Waals surface area contributed by atoms with E-state index in [1.54, 1.807) is 6.07 Å². The van der Waals surface area contributed by atoms with Crippen LogP contribution in [0, 0.1) is 6.92 Å². The van der Waals surface area contributed by atoms with Crippen LogP contribution in [0.4, 0.5) is 5.69 Å². The van der Waals surface area contributed by atoms with Gasteiger partial charge in [-0.05, 0) is 50.8 Å². The molecule has 21 heavy (non-hydrogen) atoms. The van der Waals surface area contributed by atoms with Crippen molar-refractivity contribution in [2.45, 2.75) is 51.7 Å². The van der Waals surface area contributed by atoms with Gasteiger partial charge in [0.1, 0.15) is 0 Å². The molecule has 0 aliphatic carbocycles. The van der Waals surface area contributed by atoms with Crippen molar-refractivity contribution in [3.8, 4) is 0 Å². The topological polar surface area (TPSA) is 75.6 Å². The molecule has 0 saturated carbocycles. The third kappa shape index (κ3) is 4.29. The molecule has 1 fully saturated rings. The molecular weight excluding hydrogens is 270 g/mol. The first-order chi connectivity index (χ1) is 9.95. The molecule has 5 nitrogen and oxygen atoms in total. The largest absolute Gasteiger partial charge is 0.478 e. The summed E-state index contributed by atoms with van der Waals surface area (Å²) in [7, 11) is 0. The zero-order chi connectivity index (χ0) is 15.4. The molecule has 0 spiro atoms. The molecule has 2 rings (SSSR count). The van der Waals surface area contributed by atoms with Crippen molar-refractivity contribution in [3.63, 3.8) is 0 Å². The van der Waals surface area contributed by atoms with Gasteiger partial charge in [-0.3, -0.25) is 4.79 Å². The lowest BCUT2D eigenvalue weighted by Crippen LogP contribution is -2.16. The molecule has 0 radical (unpaired) electrons. The van der Waals surface area contributed by atoms with Gasteiger partial charge >= 0.3 is 5.97 Å². The van der Waals surface area contributed by atoms with Crippen LogP contribution in [0.15, 0.2) is 18.2 Å². The summed E-state index contributed by atoms with van der Waals surface area (Å²) >= 11 is 0. The van der Waals surface area contributed by atoms with E-state index in [-0.39, 0.29) is 23.7 Å². The standard InChI is InChI=1S/C16H21NO4/c1-10-3-5-12(16(19)20)9-14(10)17-15(18)8-7-13-6-4-11(2)21-13/h3,5,9,11,13H,4,6-8H2,1-2H3,(H,17,18)(H,19,20). The van der Waals surface area contributed by atoms with E-state index in [9.17, 15) is 9.59 Å². The average molecular weight is 291 g/mol. The summed E-state index contributed by atoms with van der Waals surface area (Å²) in [6, 6.07) is 4.71. The number of hydrogen-bond acceptors (Lipinski definition) is 3. The van der Waals surface area contributed by atoms with E-state index in [0.717, 1.165) is 18.4 Å². The normalized spacial score (nSPS) is 21.2. The minimum atomic E-state index is -1.00. The van der Waals surface area contributed by atoms with Crippen LogP contribution in [0.1, 0.15) is 48.5 Å². The number of benzene rings is 1. The molecule has 1 saturated heterocycles. The Labute approximate surface area is 124 Å². The van der Waals surface area contributed by atoms with Crippen LogP contribution in [-0.2, 0) is 9.53 Å². The van der Waals surface area contributed by atoms with Gasteiger partial charge < -0.3 is 15.2 Å². The van der Waals surface area contributed by atoms with Gasteiger partial charge in [0.05, 0.1) is 17.8 Å². The van der Waals surface area contributed by atoms with E-state index in [2.05, 4.69) is 5.32 Å². The smallest absolute Gasteiger partial charge is 0.335 e. The molecule has 1 amide bonds. The Morgan fingerprint density at radius 3 is 2.76 bits per heavy atom. The van der Waals surface area contributed by atoms with Gasteiger partial charge in [-0.1, -0.05) is 6.07 Å². The van der Waals surface area contributed by atoms with Crippen LogP contribution in [0.2, 0.25) is 0 Å². The SMILES string of the molecule is Cc1ccc(C(=O)O)cc1NC(=O)CCC1CCC(C)O1. The van der Waals surface area contributed by atoms with Gasteiger partial charge in [-0.2, -0.15) is 0 Å². The van der Waals surface area contributed by atoms with E-state index >= 15 is 0 Å². The second-order valence-electron chi connectivity index (χ2n) is 5.57. The summed E-state index contributed by atoms with van der Waals surface area (Å²) in [6.45, 7) is 3.88. The highest BCUT2D eigenvalue weighted by atomic mass is 16.5. The highest BCUT2D eigenvalue weighted by Crippen LogP contribution is 2.23. The van der Waals surface area contributed by atoms with Crippen molar-refractivity contribution < 1.29 is 19.4 Å². The lowest BCUT2D eigenvalue weighted by Gasteiger charge is -2.12. The maximum atomic E-state index is 12.0. The number of nitrogens with one attached hydrogen (secondary N) is 1. The van der Waals surface area contributed by atoms with Crippen LogP contribution in [0.3, 0.4) is 0 Å². The maximum absolute atomic E-state index is 12.0. The third-order valence-corrected chi connectivity index (χ3v) is 3.77. The Morgan fingerprint density at radius 1 is 1.38 bits per heavy atom. The number of hydrogen-bond donors (Lipinski definition) is 2. The molecule has 0 aromatic heterocycles. The molecule has 5 heteroatoms. The number of anilines is 1. The Kier molecular flexibility index (Phi) is 4.96. The van der Waals surface area contributed by atoms with Gasteiger partial charge in [0.25, 0.3) is 0 Å². The summed E-state index contributed by atoms with van der Waals surface area (Å²) in [6.07, 6.45) is 3.58. The molecule has 1 aromatic rings. The minimum Gasteiger partial charge on any atom is -0.478 e. The number of carbonyl (C=O) groups is 2. The van der Waals surface area contributed by atoms with Gasteiger partial charge in [0.2, 0.25) is 5.91 Å². The number of rotatable bonds is 5. The van der Waals surface area contributed by atoms with Crippen LogP contribution in [0.25, 0.3) is 0 Å². The Morgan fingerprint density at radius 2 is 2.14 bits per heavy atom. The van der Waals surface area contributed by atoms with Gasteiger partial charge in [0, 0.05) is 12.1 Å². The van der Waals surface area contributed by atoms with Crippen molar-refractivity contribution >= 4 is 17.6 Å². The number of ether oxygens (including phenoxy) is 1. The van der Waals surface area contributed by atoms with Crippen molar-refractivity contribution in [3.05, 3.63) is 29.3 Å². The first-order valence-corrected chi connectivity index (χ1v) is 7.25. The second-order valence-corrected chi connectivity index (χ2v) is 5.57. The predicted octanol–water partition coefficient (Wildman–Crippen LogP) is 2.98. The number of amides is 1. The Hall–Kier alpha value is -1.88. The third-order valence-electron chi connectivity index (χ3n) is 3.77. The summed E-state index contributed by atoms with van der Waals surface area (Å²) in [5.74, 6) is -1.11. The fraction of sp³-hybridized carbons (Fsp3) is 0.500. The quantitative estimate of drug-likeness (QED) is 0.874. The molecular formula is C16H21NO4. The first kappa shape index (κ1) is 15.5. The molecule has 1 aliphatic heterocycles. The van der Waals surface area contributed by atoms with Gasteiger partial charge in [0.15, 0.2) is 0 Å². The van der Waals surface area contributed by atoms with Crippen LogP contribution in [0.5, 0.6) is 0 Å². The van der Waals surface area contributed by atoms with Crippen molar-refractivity contribution in [1.29, 1.82) is 0 Å². The lowest BCUT2D eigenvalue weighted by molar-refractivity contribution is -0.116. The predicted molar refractivity (Wildman–Crippen MR) is 79.6 cm³/mol. The number of aromatic carboxylic acids is 1. The van der Waals surface area contributed by atoms with E-state index in [1.807, 2.05) is 13.8 Å². The summed E-state index contributed by atoms with van der Waals surface area (Å²) in [4.78, 5) is 22.9. The van der Waals surface area contributed by atoms with E-state index in [0.29, 0.717) is 18.5 Å².